The van der Waals surface area contributed by atoms with Crippen molar-refractivity contribution in [3.8, 4) is 0 Å². The number of nitrogens with zero attached hydrogens (tertiary/aromatic N) is 3. The van der Waals surface area contributed by atoms with Crippen molar-refractivity contribution in [1.29, 1.82) is 0 Å². The van der Waals surface area contributed by atoms with E-state index >= 15 is 0 Å². The number of esters is 1. The molecule has 0 saturated carbocycles. The number of amides is 1. The van der Waals surface area contributed by atoms with Gasteiger partial charge in [0, 0.05) is 25.0 Å². The van der Waals surface area contributed by atoms with Crippen molar-refractivity contribution in [3.05, 3.63) is 82.2 Å². The minimum absolute atomic E-state index is 0.00415. The number of hydrogen-bond acceptors (Lipinski definition) is 7. The molecule has 1 saturated heterocycles. The third-order valence-corrected chi connectivity index (χ3v) is 7.60. The van der Waals surface area contributed by atoms with Crippen molar-refractivity contribution in [2.24, 2.45) is 0 Å². The van der Waals surface area contributed by atoms with E-state index in [9.17, 15) is 22.8 Å². The summed E-state index contributed by atoms with van der Waals surface area (Å²) >= 11 is 0. The minimum atomic E-state index is -4.61. The van der Waals surface area contributed by atoms with Crippen molar-refractivity contribution in [3.63, 3.8) is 0 Å². The normalized spacial score (nSPS) is 14.3. The van der Waals surface area contributed by atoms with Crippen LogP contribution >= 0.6 is 0 Å². The van der Waals surface area contributed by atoms with Crippen molar-refractivity contribution >= 4 is 23.7 Å². The Balaban J connectivity index is 1.46. The zero-order valence-corrected chi connectivity index (χ0v) is 25.8. The van der Waals surface area contributed by atoms with Gasteiger partial charge in [-0.2, -0.15) is 13.2 Å². The average Bonchev–Trinajstić information content (AvgIpc) is 2.95. The lowest BCUT2D eigenvalue weighted by molar-refractivity contribution is -0.140. The van der Waals surface area contributed by atoms with E-state index in [4.69, 9.17) is 9.47 Å². The molecule has 2 heterocycles. The summed E-state index contributed by atoms with van der Waals surface area (Å²) < 4.78 is 51.8. The minimum Gasteiger partial charge on any atom is -0.469 e. The highest BCUT2D eigenvalue weighted by Crippen LogP contribution is 2.34. The molecule has 1 aromatic heterocycles. The number of rotatable bonds is 8. The second kappa shape index (κ2) is 13.7. The number of nitrogens with one attached hydrogen (secondary N) is 1. The summed E-state index contributed by atoms with van der Waals surface area (Å²) in [6.07, 6.45) is -2.19. The van der Waals surface area contributed by atoms with Gasteiger partial charge in [-0.15, -0.1) is 0 Å². The van der Waals surface area contributed by atoms with E-state index in [1.165, 1.54) is 12.7 Å². The predicted molar refractivity (Wildman–Crippen MR) is 161 cm³/mol. The van der Waals surface area contributed by atoms with Crippen LogP contribution in [0.25, 0.3) is 0 Å². The molecule has 0 spiro atoms. The van der Waals surface area contributed by atoms with E-state index in [-0.39, 0.29) is 42.9 Å². The Bertz CT molecular complexity index is 1480. The molecule has 2 aromatic carbocycles. The van der Waals surface area contributed by atoms with Crippen LogP contribution in [0.2, 0.25) is 0 Å². The number of piperidine rings is 1. The highest BCUT2D eigenvalue weighted by molar-refractivity contribution is 5.73. The molecule has 0 atom stereocenters. The maximum absolute atomic E-state index is 13.9. The third kappa shape index (κ3) is 8.70. The summed E-state index contributed by atoms with van der Waals surface area (Å²) in [4.78, 5) is 34.2. The molecule has 11 heteroatoms. The highest BCUT2D eigenvalue weighted by Gasteiger charge is 2.35. The number of ether oxygens (including phenoxy) is 2. The van der Waals surface area contributed by atoms with Crippen molar-refractivity contribution < 1.29 is 32.2 Å². The lowest BCUT2D eigenvalue weighted by atomic mass is 9.87. The van der Waals surface area contributed by atoms with E-state index in [2.05, 4.69) is 15.3 Å². The zero-order valence-electron chi connectivity index (χ0n) is 25.8. The fourth-order valence-electron chi connectivity index (χ4n) is 5.40. The van der Waals surface area contributed by atoms with Gasteiger partial charge in [0.05, 0.1) is 24.8 Å². The Morgan fingerprint density at radius 3 is 2.32 bits per heavy atom. The molecule has 236 valence electrons. The molecule has 1 N–H and O–H groups in total. The first-order chi connectivity index (χ1) is 20.7. The molecule has 3 aromatic rings. The third-order valence-electron chi connectivity index (χ3n) is 7.60. The maximum Gasteiger partial charge on any atom is 0.419 e. The molecule has 1 fully saturated rings. The number of alkyl halides is 3. The van der Waals surface area contributed by atoms with Gasteiger partial charge in [-0.05, 0) is 93.7 Å². The van der Waals surface area contributed by atoms with Gasteiger partial charge in [0.1, 0.15) is 5.60 Å². The molecule has 4 rings (SSSR count). The lowest BCUT2D eigenvalue weighted by Crippen LogP contribution is -2.41. The van der Waals surface area contributed by atoms with Crippen LogP contribution in [0.3, 0.4) is 0 Å². The van der Waals surface area contributed by atoms with Crippen molar-refractivity contribution in [2.75, 3.05) is 25.5 Å². The molecular weight excluding hydrogens is 573 g/mol. The topological polar surface area (TPSA) is 93.7 Å². The Hall–Kier alpha value is -4.15. The highest BCUT2D eigenvalue weighted by atomic mass is 19.4. The molecule has 0 bridgehead atoms. The standard InChI is InChI=1S/C33H39F3N4O4/c1-21-18-25(11-12-26(21)23-14-16-40(17-15-23)31(42)44-32(2,3)4)38-30-37-20-27(33(34,35)36)28(39-30)13-10-22-8-6-7-9-24(22)19-29(41)43-5/h6-9,11-12,18,20,23H,10,13-17,19H2,1-5H3,(H,37,38,39). The summed E-state index contributed by atoms with van der Waals surface area (Å²) in [5.74, 6) is -0.0816. The number of methoxy groups -OCH3 is 1. The first kappa shape index (κ1) is 32.8. The quantitative estimate of drug-likeness (QED) is 0.270. The van der Waals surface area contributed by atoms with Gasteiger partial charge in [-0.25, -0.2) is 14.8 Å². The zero-order chi connectivity index (χ0) is 32.1. The van der Waals surface area contributed by atoms with E-state index < -0.39 is 23.3 Å². The van der Waals surface area contributed by atoms with Crippen molar-refractivity contribution in [1.82, 2.24) is 14.9 Å². The lowest BCUT2D eigenvalue weighted by Gasteiger charge is -2.34. The molecule has 0 radical (unpaired) electrons. The second-order valence-electron chi connectivity index (χ2n) is 12.0. The molecule has 44 heavy (non-hydrogen) atoms. The van der Waals surface area contributed by atoms with Crippen LogP contribution in [0.1, 0.15) is 73.0 Å². The number of carbonyl (C=O) groups is 2. The second-order valence-corrected chi connectivity index (χ2v) is 12.0. The van der Waals surface area contributed by atoms with Gasteiger partial charge in [-0.1, -0.05) is 30.3 Å². The predicted octanol–water partition coefficient (Wildman–Crippen LogP) is 7.16. The number of hydrogen-bond donors (Lipinski definition) is 1. The SMILES string of the molecule is COC(=O)Cc1ccccc1CCc1nc(Nc2ccc(C3CCN(C(=O)OC(C)(C)C)CC3)c(C)c2)ncc1C(F)(F)F. The van der Waals surface area contributed by atoms with E-state index in [0.717, 1.165) is 30.2 Å². The smallest absolute Gasteiger partial charge is 0.419 e. The van der Waals surface area contributed by atoms with E-state index in [1.54, 1.807) is 29.2 Å². The molecule has 1 aliphatic heterocycles. The monoisotopic (exact) mass is 612 g/mol. The van der Waals surface area contributed by atoms with Crippen LogP contribution < -0.4 is 5.32 Å². The Morgan fingerprint density at radius 1 is 1.02 bits per heavy atom. The number of halogens is 3. The Kier molecular flexibility index (Phi) is 10.2. The Morgan fingerprint density at radius 2 is 1.70 bits per heavy atom. The maximum atomic E-state index is 13.9. The molecule has 1 amide bonds. The van der Waals surface area contributed by atoms with Gasteiger partial charge >= 0.3 is 18.2 Å². The van der Waals surface area contributed by atoms with Gasteiger partial charge in [-0.3, -0.25) is 4.79 Å². The first-order valence-corrected chi connectivity index (χ1v) is 14.7. The van der Waals surface area contributed by atoms with Crippen LogP contribution in [-0.2, 0) is 39.7 Å². The molecule has 0 aliphatic carbocycles. The van der Waals surface area contributed by atoms with Crippen LogP contribution in [0, 0.1) is 6.92 Å². The first-order valence-electron chi connectivity index (χ1n) is 14.7. The van der Waals surface area contributed by atoms with Gasteiger partial charge in [0.15, 0.2) is 0 Å². The van der Waals surface area contributed by atoms with Crippen LogP contribution in [0.5, 0.6) is 0 Å². The summed E-state index contributed by atoms with van der Waals surface area (Å²) in [5.41, 5.74) is 2.74. The number of likely N-dealkylation sites (tertiary alicyclic amines) is 1. The summed E-state index contributed by atoms with van der Waals surface area (Å²) in [6, 6.07) is 12.9. The van der Waals surface area contributed by atoms with Gasteiger partial charge in [0.25, 0.3) is 0 Å². The largest absolute Gasteiger partial charge is 0.469 e. The number of carbonyl (C=O) groups excluding carboxylic acids is 2. The van der Waals surface area contributed by atoms with Crippen molar-refractivity contribution in [2.45, 2.75) is 77.5 Å². The summed E-state index contributed by atoms with van der Waals surface area (Å²) in [6.45, 7) is 8.75. The fraction of sp³-hybridized carbons (Fsp3) is 0.455. The van der Waals surface area contributed by atoms with Crippen LogP contribution in [-0.4, -0.2) is 52.7 Å². The molecular formula is C33H39F3N4O4. The summed E-state index contributed by atoms with van der Waals surface area (Å²) in [7, 11) is 1.29. The average molecular weight is 613 g/mol. The summed E-state index contributed by atoms with van der Waals surface area (Å²) in [5, 5.41) is 3.06. The number of aromatic nitrogens is 2. The van der Waals surface area contributed by atoms with E-state index in [0.29, 0.717) is 24.3 Å². The Labute approximate surface area is 256 Å². The van der Waals surface area contributed by atoms with E-state index in [1.807, 2.05) is 45.9 Å². The fourth-order valence-corrected chi connectivity index (χ4v) is 5.40. The van der Waals surface area contributed by atoms with Gasteiger partial charge in [0.2, 0.25) is 5.95 Å². The van der Waals surface area contributed by atoms with Crippen LogP contribution in [0.4, 0.5) is 29.6 Å². The number of aryl methyl sites for hydroxylation is 3. The molecule has 1 aliphatic rings. The number of anilines is 2. The van der Waals surface area contributed by atoms with Crippen LogP contribution in [0.15, 0.2) is 48.7 Å². The van der Waals surface area contributed by atoms with Gasteiger partial charge < -0.3 is 19.7 Å². The molecule has 8 nitrogen and oxygen atoms in total. The number of benzene rings is 2. The molecule has 0 unspecified atom stereocenters.